The Morgan fingerprint density at radius 1 is 1.14 bits per heavy atom. The molecule has 0 aromatic heterocycles. The number of carbonyl (C=O) groups is 1. The molecular weight excluding hydrogens is 542 g/mol. The number of unbranched alkanes of at least 4 members (excludes halogenated alkanes) is 2. The molecule has 1 aliphatic carbocycles. The van der Waals surface area contributed by atoms with Crippen LogP contribution in [0.4, 0.5) is 0 Å². The van der Waals surface area contributed by atoms with E-state index in [2.05, 4.69) is 56.0 Å². The number of ether oxygens (including phenoxy) is 3. The number of hydrogen-bond donors (Lipinski definition) is 2. The molecule has 3 fully saturated rings. The van der Waals surface area contributed by atoms with Crippen molar-refractivity contribution in [2.24, 2.45) is 23.7 Å². The number of allylic oxidation sites excluding steroid dienone is 1. The van der Waals surface area contributed by atoms with Crippen LogP contribution in [0.1, 0.15) is 89.2 Å². The first-order valence-electron chi connectivity index (χ1n) is 16.7. The zero-order chi connectivity index (χ0) is 30.2. The van der Waals surface area contributed by atoms with Crippen LogP contribution < -0.4 is 0 Å². The van der Waals surface area contributed by atoms with Crippen LogP contribution in [-0.4, -0.2) is 59.5 Å². The molecule has 2 N–H and O–H groups in total. The Balaban J connectivity index is 1.35. The van der Waals surface area contributed by atoms with Crippen molar-refractivity contribution in [2.45, 2.75) is 103 Å². The summed E-state index contributed by atoms with van der Waals surface area (Å²) in [6.45, 7) is 6.97. The molecule has 5 aliphatic rings. The number of fused-ring (bicyclic) bond motifs is 4. The smallest absolute Gasteiger partial charge is 0.345 e. The van der Waals surface area contributed by atoms with Crippen molar-refractivity contribution in [3.8, 4) is 0 Å². The van der Waals surface area contributed by atoms with Crippen LogP contribution in [0.2, 0.25) is 0 Å². The number of rotatable bonds is 9. The Morgan fingerprint density at radius 2 is 1.98 bits per heavy atom. The zero-order valence-electron chi connectivity index (χ0n) is 26.3. The lowest BCUT2D eigenvalue weighted by molar-refractivity contribution is -0.133. The number of hydrogen-bond acceptors (Lipinski definition) is 7. The Kier molecular flexibility index (Phi) is 9.04. The Morgan fingerprint density at radius 3 is 2.72 bits per heavy atom. The van der Waals surface area contributed by atoms with Gasteiger partial charge in [-0.25, -0.2) is 4.79 Å². The molecule has 43 heavy (non-hydrogen) atoms. The fourth-order valence-corrected chi connectivity index (χ4v) is 9.08. The molecule has 1 aromatic carbocycles. The van der Waals surface area contributed by atoms with Crippen molar-refractivity contribution in [3.05, 3.63) is 70.1 Å². The van der Waals surface area contributed by atoms with Crippen LogP contribution in [0.5, 0.6) is 0 Å². The van der Waals surface area contributed by atoms with Crippen molar-refractivity contribution in [1.82, 2.24) is 4.90 Å². The molecule has 2 saturated heterocycles. The molecule has 234 valence electrons. The highest BCUT2D eigenvalue weighted by Crippen LogP contribution is 2.57. The van der Waals surface area contributed by atoms with Gasteiger partial charge >= 0.3 is 5.97 Å². The van der Waals surface area contributed by atoms with E-state index in [1.54, 1.807) is 0 Å². The van der Waals surface area contributed by atoms with E-state index in [4.69, 9.17) is 14.2 Å². The normalized spacial score (nSPS) is 34.6. The standard InChI is InChI=1S/C36H49NO6/c1-5-7-8-11-22-12-9-13-23(18-22)24-15-16-25-26(24)19-28-31-21(3)33(35-34(41-4)27(20-38)36(40)43-35)42-30(31)14-10-17-37(28)32(25)29(39)6-2/h9,12-14,18,21,24-26,28-29,31-32,38-39H,5-8,10-11,15-17,19-20H2,1-4H3. The van der Waals surface area contributed by atoms with Crippen LogP contribution in [0.3, 0.4) is 0 Å². The summed E-state index contributed by atoms with van der Waals surface area (Å²) in [5.74, 6) is 2.97. The fourth-order valence-electron chi connectivity index (χ4n) is 9.08. The van der Waals surface area contributed by atoms with Gasteiger partial charge in [0, 0.05) is 30.5 Å². The number of cyclic esters (lactones) is 1. The monoisotopic (exact) mass is 591 g/mol. The second kappa shape index (κ2) is 12.8. The number of esters is 1. The van der Waals surface area contributed by atoms with Gasteiger partial charge in [-0.3, -0.25) is 4.90 Å². The predicted octanol–water partition coefficient (Wildman–Crippen LogP) is 5.97. The van der Waals surface area contributed by atoms with E-state index in [-0.39, 0.29) is 41.4 Å². The molecule has 7 heteroatoms. The van der Waals surface area contributed by atoms with E-state index in [9.17, 15) is 15.0 Å². The number of methoxy groups -OCH3 is 1. The molecule has 6 rings (SSSR count). The van der Waals surface area contributed by atoms with Crippen LogP contribution in [0.15, 0.2) is 59.0 Å². The molecule has 4 heterocycles. The fraction of sp³-hybridized carbons (Fsp3) is 0.639. The molecule has 8 unspecified atom stereocenters. The highest BCUT2D eigenvalue weighted by atomic mass is 16.6. The maximum absolute atomic E-state index is 12.5. The van der Waals surface area contributed by atoms with Gasteiger partial charge in [0.2, 0.25) is 5.76 Å². The van der Waals surface area contributed by atoms with Gasteiger partial charge in [0.05, 0.1) is 19.8 Å². The Hall–Kier alpha value is -2.61. The minimum atomic E-state index is -0.585. The number of aryl methyl sites for hydroxylation is 1. The molecule has 0 spiro atoms. The zero-order valence-corrected chi connectivity index (χ0v) is 26.3. The van der Waals surface area contributed by atoms with Gasteiger partial charge in [-0.2, -0.15) is 0 Å². The lowest BCUT2D eigenvalue weighted by Gasteiger charge is -2.52. The third-order valence-corrected chi connectivity index (χ3v) is 11.1. The third-order valence-electron chi connectivity index (χ3n) is 11.1. The average Bonchev–Trinajstić information content (AvgIpc) is 3.64. The summed E-state index contributed by atoms with van der Waals surface area (Å²) in [6.07, 6.45) is 11.7. The van der Waals surface area contributed by atoms with Crippen LogP contribution in [-0.2, 0) is 25.4 Å². The van der Waals surface area contributed by atoms with E-state index < -0.39 is 12.6 Å². The van der Waals surface area contributed by atoms with Gasteiger partial charge in [0.25, 0.3) is 0 Å². The van der Waals surface area contributed by atoms with Crippen molar-refractivity contribution >= 4 is 5.97 Å². The maximum Gasteiger partial charge on any atom is 0.345 e. The summed E-state index contributed by atoms with van der Waals surface area (Å²) < 4.78 is 17.7. The number of aliphatic hydroxyl groups is 2. The summed E-state index contributed by atoms with van der Waals surface area (Å²) in [7, 11) is 1.49. The molecule has 1 saturated carbocycles. The minimum absolute atomic E-state index is 0.0550. The van der Waals surface area contributed by atoms with Crippen molar-refractivity contribution < 1.29 is 29.2 Å². The van der Waals surface area contributed by atoms with Crippen LogP contribution in [0.25, 0.3) is 0 Å². The van der Waals surface area contributed by atoms with Crippen molar-refractivity contribution in [3.63, 3.8) is 0 Å². The molecule has 7 nitrogen and oxygen atoms in total. The summed E-state index contributed by atoms with van der Waals surface area (Å²) in [5.41, 5.74) is 3.04. The number of carbonyl (C=O) groups excluding carboxylic acids is 1. The maximum atomic E-state index is 12.5. The first-order chi connectivity index (χ1) is 20.9. The average molecular weight is 592 g/mol. The van der Waals surface area contributed by atoms with Gasteiger partial charge in [-0.1, -0.05) is 57.9 Å². The largest absolute Gasteiger partial charge is 0.492 e. The molecule has 1 aromatic rings. The summed E-state index contributed by atoms with van der Waals surface area (Å²) in [6, 6.07) is 9.65. The highest BCUT2D eigenvalue weighted by Gasteiger charge is 2.56. The molecule has 4 aliphatic heterocycles. The first kappa shape index (κ1) is 30.4. The number of nitrogens with zero attached hydrogens (tertiary/aromatic N) is 1. The highest BCUT2D eigenvalue weighted by molar-refractivity contribution is 5.94. The van der Waals surface area contributed by atoms with E-state index in [1.807, 2.05) is 0 Å². The molecule has 0 amide bonds. The molecule has 0 bridgehead atoms. The number of aliphatic hydroxyl groups excluding tert-OH is 2. The molecule has 8 atom stereocenters. The van der Waals surface area contributed by atoms with E-state index in [1.165, 1.54) is 37.5 Å². The summed E-state index contributed by atoms with van der Waals surface area (Å²) in [4.78, 5) is 15.1. The van der Waals surface area contributed by atoms with Crippen molar-refractivity contribution in [1.29, 1.82) is 0 Å². The first-order valence-corrected chi connectivity index (χ1v) is 16.7. The summed E-state index contributed by atoms with van der Waals surface area (Å²) in [5, 5.41) is 21.4. The summed E-state index contributed by atoms with van der Waals surface area (Å²) >= 11 is 0. The lowest BCUT2D eigenvalue weighted by atomic mass is 9.68. The van der Waals surface area contributed by atoms with Crippen LogP contribution >= 0.6 is 0 Å². The second-order valence-corrected chi connectivity index (χ2v) is 13.3. The van der Waals surface area contributed by atoms with E-state index >= 15 is 0 Å². The lowest BCUT2D eigenvalue weighted by Crippen LogP contribution is -2.60. The van der Waals surface area contributed by atoms with Crippen molar-refractivity contribution in [2.75, 3.05) is 20.3 Å². The number of benzene rings is 1. The Labute approximate surface area is 256 Å². The third kappa shape index (κ3) is 5.36. The minimum Gasteiger partial charge on any atom is -0.492 e. The van der Waals surface area contributed by atoms with E-state index in [0.717, 1.165) is 50.8 Å². The van der Waals surface area contributed by atoms with Gasteiger partial charge in [-0.15, -0.1) is 0 Å². The van der Waals surface area contributed by atoms with Gasteiger partial charge in [-0.05, 0) is 79.9 Å². The quantitative estimate of drug-likeness (QED) is 0.270. The second-order valence-electron chi connectivity index (χ2n) is 13.3. The van der Waals surface area contributed by atoms with Gasteiger partial charge in [0.15, 0.2) is 11.5 Å². The topological polar surface area (TPSA) is 88.5 Å². The number of piperidine rings is 1. The van der Waals surface area contributed by atoms with Crippen LogP contribution in [0, 0.1) is 23.7 Å². The molecule has 0 radical (unpaired) electrons. The van der Waals surface area contributed by atoms with E-state index in [0.29, 0.717) is 29.3 Å². The SMILES string of the molecule is CCCCCc1cccc(C2CCC3C2CC2C4C(=CCCN2C3C(O)CC)OC(=C2OC(=O)C(CO)=C2OC)C4C)c1. The molecular formula is C36H49NO6. The van der Waals surface area contributed by atoms with Gasteiger partial charge < -0.3 is 24.4 Å². The predicted molar refractivity (Wildman–Crippen MR) is 165 cm³/mol. The van der Waals surface area contributed by atoms with Gasteiger partial charge in [0.1, 0.15) is 11.3 Å². The Bertz CT molecular complexity index is 1300.